The third-order valence-corrected chi connectivity index (χ3v) is 7.85. The average Bonchev–Trinajstić information content (AvgIpc) is 2.98. The third kappa shape index (κ3) is 7.82. The maximum Gasteiger partial charge on any atom is 0.412 e. The minimum absolute atomic E-state index is 0.132. The van der Waals surface area contributed by atoms with Gasteiger partial charge in [0.1, 0.15) is 33.8 Å². The molecular formula is C34H40N2O6. The number of carbonyl (C=O) groups excluding carboxylic acids is 1. The number of aromatic hydroxyl groups is 1. The number of ether oxygens (including phenoxy) is 2. The number of benzene rings is 3. The van der Waals surface area contributed by atoms with E-state index in [1.54, 1.807) is 24.3 Å². The molecule has 0 spiro atoms. The molecule has 1 heterocycles. The highest BCUT2D eigenvalue weighted by Crippen LogP contribution is 2.30. The standard InChI is InChI=1S/C34H40N2O6/c1-36(23-24-15-17-26(18-16-24)41-34(39)35-25-11-5-4-6-12-25)19-9-2-3-10-20-40-27-21-29(37)32-31(22-27)42-30-14-8-7-13-28(30)33(32)38/h7-8,13-18,21-22,25,37H,2-6,9-12,19-20,23H2,1H3,(H,35,39). The van der Waals surface area contributed by atoms with Crippen LogP contribution in [0.1, 0.15) is 63.4 Å². The Balaban J connectivity index is 0.982. The number of phenolic OH excluding ortho intramolecular Hbond substituents is 1. The van der Waals surface area contributed by atoms with Crippen LogP contribution in [0, 0.1) is 0 Å². The lowest BCUT2D eigenvalue weighted by atomic mass is 9.96. The molecule has 1 aromatic heterocycles. The van der Waals surface area contributed by atoms with Crippen molar-refractivity contribution in [3.8, 4) is 17.2 Å². The first-order valence-electron chi connectivity index (χ1n) is 15.0. The second kappa shape index (κ2) is 14.2. The van der Waals surface area contributed by atoms with E-state index in [0.29, 0.717) is 34.7 Å². The van der Waals surface area contributed by atoms with Gasteiger partial charge >= 0.3 is 6.09 Å². The van der Waals surface area contributed by atoms with Gasteiger partial charge in [-0.15, -0.1) is 0 Å². The molecular weight excluding hydrogens is 532 g/mol. The minimum Gasteiger partial charge on any atom is -0.507 e. The van der Waals surface area contributed by atoms with Crippen LogP contribution in [-0.2, 0) is 6.54 Å². The van der Waals surface area contributed by atoms with Gasteiger partial charge in [0.15, 0.2) is 0 Å². The number of phenols is 1. The van der Waals surface area contributed by atoms with E-state index in [2.05, 4.69) is 17.3 Å². The molecule has 1 saturated carbocycles. The largest absolute Gasteiger partial charge is 0.507 e. The van der Waals surface area contributed by atoms with Gasteiger partial charge in [0.05, 0.1) is 12.0 Å². The maximum absolute atomic E-state index is 12.8. The highest BCUT2D eigenvalue weighted by atomic mass is 16.6. The van der Waals surface area contributed by atoms with E-state index in [0.717, 1.165) is 51.6 Å². The van der Waals surface area contributed by atoms with Gasteiger partial charge in [-0.1, -0.05) is 56.4 Å². The number of carbonyl (C=O) groups is 1. The Hall–Kier alpha value is -4.04. The number of hydrogen-bond acceptors (Lipinski definition) is 7. The Labute approximate surface area is 246 Å². The van der Waals surface area contributed by atoms with Gasteiger partial charge in [0.25, 0.3) is 0 Å². The Kier molecular flexibility index (Phi) is 9.98. The van der Waals surface area contributed by atoms with Crippen molar-refractivity contribution in [2.45, 2.75) is 70.4 Å². The third-order valence-electron chi connectivity index (χ3n) is 7.85. The molecule has 0 unspecified atom stereocenters. The molecule has 0 aliphatic heterocycles. The summed E-state index contributed by atoms with van der Waals surface area (Å²) in [5.41, 5.74) is 1.73. The molecule has 0 bridgehead atoms. The molecule has 1 fully saturated rings. The van der Waals surface area contributed by atoms with Gasteiger partial charge in [0.2, 0.25) is 5.43 Å². The zero-order valence-corrected chi connectivity index (χ0v) is 24.3. The minimum atomic E-state index is -0.366. The molecule has 8 nitrogen and oxygen atoms in total. The molecule has 1 aliphatic rings. The van der Waals surface area contributed by atoms with Crippen molar-refractivity contribution in [3.05, 3.63) is 76.5 Å². The van der Waals surface area contributed by atoms with Crippen LogP contribution in [0.2, 0.25) is 0 Å². The summed E-state index contributed by atoms with van der Waals surface area (Å²) in [4.78, 5) is 27.2. The molecule has 0 radical (unpaired) electrons. The van der Waals surface area contributed by atoms with Crippen LogP contribution in [0.4, 0.5) is 4.79 Å². The highest BCUT2D eigenvalue weighted by molar-refractivity contribution is 5.93. The lowest BCUT2D eigenvalue weighted by molar-refractivity contribution is 0.192. The van der Waals surface area contributed by atoms with Gasteiger partial charge in [-0.3, -0.25) is 4.79 Å². The van der Waals surface area contributed by atoms with Gasteiger partial charge in [0, 0.05) is 24.7 Å². The summed E-state index contributed by atoms with van der Waals surface area (Å²) in [5.74, 6) is 0.917. The van der Waals surface area contributed by atoms with E-state index in [4.69, 9.17) is 13.9 Å². The summed E-state index contributed by atoms with van der Waals surface area (Å²) < 4.78 is 17.2. The Morgan fingerprint density at radius 3 is 2.52 bits per heavy atom. The molecule has 1 amide bonds. The fourth-order valence-corrected chi connectivity index (χ4v) is 5.60. The molecule has 0 saturated heterocycles. The molecule has 4 aromatic rings. The second-order valence-electron chi connectivity index (χ2n) is 11.3. The van der Waals surface area contributed by atoms with Crippen LogP contribution in [0.15, 0.2) is 69.9 Å². The topological polar surface area (TPSA) is 101 Å². The van der Waals surface area contributed by atoms with Crippen molar-refractivity contribution >= 4 is 28.0 Å². The normalized spacial score (nSPS) is 14.0. The van der Waals surface area contributed by atoms with Crippen LogP contribution < -0.4 is 20.2 Å². The summed E-state index contributed by atoms with van der Waals surface area (Å²) in [6.07, 6.45) is 9.36. The number of fused-ring (bicyclic) bond motifs is 2. The SMILES string of the molecule is CN(CCCCCCOc1cc(O)c2c(=O)c3ccccc3oc2c1)Cc1ccc(OC(=O)NC2CCCCC2)cc1. The predicted molar refractivity (Wildman–Crippen MR) is 164 cm³/mol. The van der Waals surface area contributed by atoms with Crippen molar-refractivity contribution in [1.29, 1.82) is 0 Å². The number of hydrogen-bond donors (Lipinski definition) is 2. The van der Waals surface area contributed by atoms with E-state index in [1.165, 1.54) is 30.9 Å². The maximum atomic E-state index is 12.8. The van der Waals surface area contributed by atoms with Crippen LogP contribution in [0.25, 0.3) is 21.9 Å². The fourth-order valence-electron chi connectivity index (χ4n) is 5.60. The van der Waals surface area contributed by atoms with E-state index in [1.807, 2.05) is 30.3 Å². The average molecular weight is 573 g/mol. The molecule has 3 aromatic carbocycles. The highest BCUT2D eigenvalue weighted by Gasteiger charge is 2.17. The lowest BCUT2D eigenvalue weighted by Crippen LogP contribution is -2.37. The van der Waals surface area contributed by atoms with E-state index >= 15 is 0 Å². The number of para-hydroxylation sites is 1. The van der Waals surface area contributed by atoms with Crippen LogP contribution >= 0.6 is 0 Å². The zero-order chi connectivity index (χ0) is 29.3. The van der Waals surface area contributed by atoms with Crippen molar-refractivity contribution < 1.29 is 23.8 Å². The van der Waals surface area contributed by atoms with Crippen LogP contribution in [-0.4, -0.2) is 42.3 Å². The number of unbranched alkanes of at least 4 members (excludes halogenated alkanes) is 3. The molecule has 1 aliphatic carbocycles. The van der Waals surface area contributed by atoms with Crippen LogP contribution in [0.3, 0.4) is 0 Å². The predicted octanol–water partition coefficient (Wildman–Crippen LogP) is 7.14. The number of nitrogens with one attached hydrogen (secondary N) is 1. The van der Waals surface area contributed by atoms with Gasteiger partial charge in [-0.2, -0.15) is 0 Å². The number of amides is 1. The van der Waals surface area contributed by atoms with Crippen molar-refractivity contribution in [3.63, 3.8) is 0 Å². The molecule has 0 atom stereocenters. The summed E-state index contributed by atoms with van der Waals surface area (Å²) in [5, 5.41) is 14.1. The van der Waals surface area contributed by atoms with Crippen molar-refractivity contribution in [2.75, 3.05) is 20.2 Å². The first-order chi connectivity index (χ1) is 20.5. The van der Waals surface area contributed by atoms with E-state index in [9.17, 15) is 14.7 Å². The Morgan fingerprint density at radius 2 is 1.71 bits per heavy atom. The lowest BCUT2D eigenvalue weighted by Gasteiger charge is -2.22. The Morgan fingerprint density at radius 1 is 0.952 bits per heavy atom. The number of rotatable bonds is 12. The summed E-state index contributed by atoms with van der Waals surface area (Å²) in [6.45, 7) is 2.33. The summed E-state index contributed by atoms with van der Waals surface area (Å²) in [7, 11) is 2.11. The second-order valence-corrected chi connectivity index (χ2v) is 11.3. The smallest absolute Gasteiger partial charge is 0.412 e. The van der Waals surface area contributed by atoms with Crippen LogP contribution in [0.5, 0.6) is 17.2 Å². The van der Waals surface area contributed by atoms with E-state index in [-0.39, 0.29) is 28.7 Å². The zero-order valence-electron chi connectivity index (χ0n) is 24.3. The summed E-state index contributed by atoms with van der Waals surface area (Å²) >= 11 is 0. The van der Waals surface area contributed by atoms with Crippen molar-refractivity contribution in [2.24, 2.45) is 0 Å². The first-order valence-corrected chi connectivity index (χ1v) is 15.0. The molecule has 8 heteroatoms. The van der Waals surface area contributed by atoms with Gasteiger partial charge < -0.3 is 29.2 Å². The monoisotopic (exact) mass is 572 g/mol. The van der Waals surface area contributed by atoms with Crippen molar-refractivity contribution in [1.82, 2.24) is 10.2 Å². The molecule has 222 valence electrons. The summed E-state index contributed by atoms with van der Waals surface area (Å²) in [6, 6.07) is 18.1. The fraction of sp³-hybridized carbons (Fsp3) is 0.412. The molecule has 5 rings (SSSR count). The quantitative estimate of drug-likeness (QED) is 0.137. The van der Waals surface area contributed by atoms with Gasteiger partial charge in [-0.25, -0.2) is 4.79 Å². The van der Waals surface area contributed by atoms with Gasteiger partial charge in [-0.05, 0) is 69.1 Å². The Bertz CT molecular complexity index is 1540. The molecule has 2 N–H and O–H groups in total. The van der Waals surface area contributed by atoms with E-state index < -0.39 is 0 Å². The number of nitrogens with zero attached hydrogens (tertiary/aromatic N) is 1. The first kappa shape index (κ1) is 29.5. The molecule has 42 heavy (non-hydrogen) atoms.